The van der Waals surface area contributed by atoms with Gasteiger partial charge in [0.15, 0.2) is 0 Å². The number of carbonyl (C=O) groups is 1. The Hall–Kier alpha value is -3.12. The van der Waals surface area contributed by atoms with Crippen LogP contribution >= 0.6 is 0 Å². The molecule has 1 fully saturated rings. The van der Waals surface area contributed by atoms with E-state index in [1.165, 1.54) is 65.0 Å². The molecule has 6 nitrogen and oxygen atoms in total. The van der Waals surface area contributed by atoms with Crippen LogP contribution in [0.2, 0.25) is 0 Å². The van der Waals surface area contributed by atoms with E-state index in [9.17, 15) is 4.79 Å². The molecule has 6 heteroatoms. The van der Waals surface area contributed by atoms with Crippen LogP contribution in [-0.4, -0.2) is 60.4 Å². The molecule has 3 N–H and O–H groups in total. The molecular formula is C39H53N4O2+. The lowest BCUT2D eigenvalue weighted by Crippen LogP contribution is -2.42. The molecule has 6 aliphatic rings. The van der Waals surface area contributed by atoms with Crippen molar-refractivity contribution in [2.45, 2.75) is 96.8 Å². The Balaban J connectivity index is 1.31. The summed E-state index contributed by atoms with van der Waals surface area (Å²) in [5.41, 5.74) is 16.6. The minimum atomic E-state index is 0.0364. The van der Waals surface area contributed by atoms with E-state index in [4.69, 9.17) is 10.5 Å². The first-order valence-corrected chi connectivity index (χ1v) is 18.2. The normalized spacial score (nSPS) is 25.7. The quantitative estimate of drug-likeness (QED) is 0.222. The van der Waals surface area contributed by atoms with Gasteiger partial charge in [-0.3, -0.25) is 4.79 Å². The van der Waals surface area contributed by atoms with Gasteiger partial charge in [0.25, 0.3) is 5.91 Å². The first kappa shape index (κ1) is 30.5. The van der Waals surface area contributed by atoms with Gasteiger partial charge in [0.2, 0.25) is 5.71 Å². The molecule has 4 heterocycles. The van der Waals surface area contributed by atoms with Crippen LogP contribution in [0.5, 0.6) is 0 Å². The number of hydrogen-bond donors (Lipinski definition) is 2. The second kappa shape index (κ2) is 13.3. The number of nitrogens with zero attached hydrogens (tertiary/aromatic N) is 2. The molecule has 1 aromatic rings. The molecule has 0 bridgehead atoms. The molecule has 3 unspecified atom stereocenters. The molecule has 3 atom stereocenters. The van der Waals surface area contributed by atoms with E-state index in [0.29, 0.717) is 12.5 Å². The first-order chi connectivity index (χ1) is 22.1. The van der Waals surface area contributed by atoms with Gasteiger partial charge in [0.05, 0.1) is 5.57 Å². The van der Waals surface area contributed by atoms with E-state index in [1.54, 1.807) is 5.70 Å². The van der Waals surface area contributed by atoms with Gasteiger partial charge < -0.3 is 20.7 Å². The van der Waals surface area contributed by atoms with Crippen LogP contribution in [0.4, 0.5) is 0 Å². The zero-order valence-electron chi connectivity index (χ0n) is 27.6. The highest BCUT2D eigenvalue weighted by atomic mass is 16.5. The zero-order valence-corrected chi connectivity index (χ0v) is 27.6. The third-order valence-electron chi connectivity index (χ3n) is 11.3. The van der Waals surface area contributed by atoms with E-state index < -0.39 is 0 Å². The SMILES string of the molecule is CCC1=C2C(CCCN2CC)CC2=C1OC1=C3CCC[N+]4=C3C(=CC1C2c1cccc(C(=O)NCCCCCCN)c1)CCC4. The van der Waals surface area contributed by atoms with Gasteiger partial charge in [0.1, 0.15) is 24.6 Å². The van der Waals surface area contributed by atoms with Crippen LogP contribution < -0.4 is 11.1 Å². The van der Waals surface area contributed by atoms with Crippen molar-refractivity contribution < 1.29 is 14.1 Å². The number of nitrogens with two attached hydrogens (primary N) is 1. The summed E-state index contributed by atoms with van der Waals surface area (Å²) in [6.45, 7) is 10.6. The number of fused-ring (bicyclic) bond motifs is 2. The van der Waals surface area contributed by atoms with Crippen LogP contribution in [0.1, 0.15) is 113 Å². The van der Waals surface area contributed by atoms with E-state index in [0.717, 1.165) is 95.4 Å². The molecule has 1 saturated heterocycles. The van der Waals surface area contributed by atoms with Crippen molar-refractivity contribution in [2.24, 2.45) is 17.6 Å². The number of likely N-dealkylation sites (tertiary alicyclic amines) is 1. The monoisotopic (exact) mass is 609 g/mol. The number of unbranched alkanes of at least 4 members (excludes halogenated alkanes) is 3. The standard InChI is InChI=1S/C39H52N4O2/c1-3-30-35-27(15-10-20-42(35)4-2)24-32-34(26-13-9-14-29(23-26)39(44)41-19-8-6-5-7-18-40)33-25-28-16-11-21-43-22-12-17-31(36(28)43)38(33)45-37(30)32/h9,13-14,23,25,27,33-34H,3-8,10-12,15-22,24,40H2,1-2H3/p+1. The number of ether oxygens (including phenoxy) is 1. The number of piperidine rings is 1. The van der Waals surface area contributed by atoms with Gasteiger partial charge in [-0.05, 0) is 88.1 Å². The maximum absolute atomic E-state index is 13.4. The smallest absolute Gasteiger partial charge is 0.251 e. The van der Waals surface area contributed by atoms with E-state index >= 15 is 0 Å². The average Bonchev–Trinajstić information content (AvgIpc) is 3.08. The topological polar surface area (TPSA) is 70.6 Å². The Kier molecular flexibility index (Phi) is 9.03. The van der Waals surface area contributed by atoms with Crippen molar-refractivity contribution in [3.63, 3.8) is 0 Å². The summed E-state index contributed by atoms with van der Waals surface area (Å²) >= 11 is 0. The molecule has 1 aromatic carbocycles. The average molecular weight is 610 g/mol. The summed E-state index contributed by atoms with van der Waals surface area (Å²) in [5, 5.41) is 3.20. The largest absolute Gasteiger partial charge is 0.460 e. The van der Waals surface area contributed by atoms with Crippen molar-refractivity contribution in [2.75, 3.05) is 39.3 Å². The molecule has 4 aliphatic heterocycles. The Labute approximate surface area is 270 Å². The molecule has 0 spiro atoms. The highest BCUT2D eigenvalue weighted by molar-refractivity contribution is 6.11. The number of benzene rings is 1. The van der Waals surface area contributed by atoms with E-state index in [1.807, 2.05) is 6.07 Å². The maximum Gasteiger partial charge on any atom is 0.251 e. The number of carbonyl (C=O) groups excluding carboxylic acids is 1. The minimum absolute atomic E-state index is 0.0364. The Morgan fingerprint density at radius 3 is 2.76 bits per heavy atom. The molecule has 7 rings (SSSR count). The fraction of sp³-hybridized carbons (Fsp3) is 0.590. The first-order valence-electron chi connectivity index (χ1n) is 18.2. The van der Waals surface area contributed by atoms with Gasteiger partial charge in [-0.25, -0.2) is 4.58 Å². The zero-order chi connectivity index (χ0) is 30.9. The van der Waals surface area contributed by atoms with Crippen molar-refractivity contribution in [3.8, 4) is 0 Å². The third-order valence-corrected chi connectivity index (χ3v) is 11.3. The Morgan fingerprint density at radius 2 is 1.93 bits per heavy atom. The van der Waals surface area contributed by atoms with Gasteiger partial charge in [-0.15, -0.1) is 0 Å². The number of allylic oxidation sites excluding steroid dienone is 6. The molecule has 0 saturated carbocycles. The maximum atomic E-state index is 13.4. The number of hydrogen-bond acceptors (Lipinski definition) is 4. The number of amides is 1. The Bertz CT molecular complexity index is 1490. The van der Waals surface area contributed by atoms with Crippen molar-refractivity contribution in [1.82, 2.24) is 10.2 Å². The summed E-state index contributed by atoms with van der Waals surface area (Å²) in [7, 11) is 0. The summed E-state index contributed by atoms with van der Waals surface area (Å²) in [6.07, 6.45) is 16.1. The molecule has 240 valence electrons. The predicted octanol–water partition coefficient (Wildman–Crippen LogP) is 6.95. The number of rotatable bonds is 10. The van der Waals surface area contributed by atoms with Crippen LogP contribution in [-0.2, 0) is 4.74 Å². The molecule has 0 aromatic heterocycles. The van der Waals surface area contributed by atoms with Gasteiger partial charge in [-0.1, -0.05) is 38.0 Å². The predicted molar refractivity (Wildman–Crippen MR) is 181 cm³/mol. The highest BCUT2D eigenvalue weighted by Gasteiger charge is 2.48. The minimum Gasteiger partial charge on any atom is -0.460 e. The van der Waals surface area contributed by atoms with Crippen LogP contribution in [0.3, 0.4) is 0 Å². The highest BCUT2D eigenvalue weighted by Crippen LogP contribution is 2.56. The van der Waals surface area contributed by atoms with Crippen molar-refractivity contribution in [1.29, 1.82) is 0 Å². The second-order valence-electron chi connectivity index (χ2n) is 14.0. The number of nitrogens with one attached hydrogen (secondary N) is 1. The molecule has 0 radical (unpaired) electrons. The summed E-state index contributed by atoms with van der Waals surface area (Å²) < 4.78 is 9.93. The van der Waals surface area contributed by atoms with Crippen LogP contribution in [0, 0.1) is 11.8 Å². The molecule has 2 aliphatic carbocycles. The lowest BCUT2D eigenvalue weighted by atomic mass is 9.66. The molecule has 1 amide bonds. The van der Waals surface area contributed by atoms with Gasteiger partial charge in [-0.2, -0.15) is 0 Å². The fourth-order valence-corrected chi connectivity index (χ4v) is 9.29. The summed E-state index contributed by atoms with van der Waals surface area (Å²) in [5.74, 6) is 3.31. The van der Waals surface area contributed by atoms with Gasteiger partial charge >= 0.3 is 0 Å². The van der Waals surface area contributed by atoms with Crippen molar-refractivity contribution >= 4 is 11.6 Å². The second-order valence-corrected chi connectivity index (χ2v) is 14.0. The van der Waals surface area contributed by atoms with Gasteiger partial charge in [0, 0.05) is 72.6 Å². The van der Waals surface area contributed by atoms with E-state index in [2.05, 4.69) is 52.9 Å². The van der Waals surface area contributed by atoms with E-state index in [-0.39, 0.29) is 17.7 Å². The third kappa shape index (κ3) is 5.62. The molecule has 45 heavy (non-hydrogen) atoms. The Morgan fingerprint density at radius 1 is 1.09 bits per heavy atom. The summed E-state index contributed by atoms with van der Waals surface area (Å²) in [6, 6.07) is 8.57. The molecular weight excluding hydrogens is 556 g/mol. The lowest BCUT2D eigenvalue weighted by molar-refractivity contribution is -0.533. The van der Waals surface area contributed by atoms with Crippen molar-refractivity contribution in [3.05, 3.63) is 81.0 Å². The fourth-order valence-electron chi connectivity index (χ4n) is 9.29. The van der Waals surface area contributed by atoms with Crippen LogP contribution in [0.25, 0.3) is 0 Å². The van der Waals surface area contributed by atoms with Crippen LogP contribution in [0.15, 0.2) is 69.8 Å². The summed E-state index contributed by atoms with van der Waals surface area (Å²) in [4.78, 5) is 16.0. The lowest BCUT2D eigenvalue weighted by Gasteiger charge is -2.47.